The fraction of sp³-hybridized carbons (Fsp3) is 0.429. The van der Waals surface area contributed by atoms with Crippen molar-refractivity contribution in [2.24, 2.45) is 0 Å². The Labute approximate surface area is 535 Å². The minimum atomic E-state index is -1.02. The number of aromatic nitrogens is 2. The molecule has 0 aliphatic carbocycles. The molecule has 4 atom stereocenters. The number of anilines is 2. The number of hydrogen-bond donors (Lipinski definition) is 8. The van der Waals surface area contributed by atoms with E-state index in [4.69, 9.17) is 9.47 Å². The number of fused-ring (bicyclic) bond motifs is 2. The van der Waals surface area contributed by atoms with E-state index in [-0.39, 0.29) is 99.8 Å². The summed E-state index contributed by atoms with van der Waals surface area (Å²) in [5.74, 6) is -2.27. The summed E-state index contributed by atoms with van der Waals surface area (Å²) in [4.78, 5) is 119. The maximum Gasteiger partial charge on any atom is 0.258 e. The van der Waals surface area contributed by atoms with E-state index in [2.05, 4.69) is 41.9 Å². The van der Waals surface area contributed by atoms with E-state index in [9.17, 15) is 47.1 Å². The number of H-pyrrole nitrogens is 2. The predicted molar refractivity (Wildman–Crippen MR) is 350 cm³/mol. The van der Waals surface area contributed by atoms with Gasteiger partial charge in [0.2, 0.25) is 23.6 Å². The Bertz CT molecular complexity index is 3560. The smallest absolute Gasteiger partial charge is 0.258 e. The van der Waals surface area contributed by atoms with Crippen LogP contribution in [0.5, 0.6) is 11.5 Å². The van der Waals surface area contributed by atoms with E-state index in [1.165, 1.54) is 24.3 Å². The van der Waals surface area contributed by atoms with E-state index in [0.717, 1.165) is 44.5 Å². The van der Waals surface area contributed by atoms with Gasteiger partial charge in [0.1, 0.15) is 35.2 Å². The van der Waals surface area contributed by atoms with Crippen molar-refractivity contribution >= 4 is 46.8 Å². The van der Waals surface area contributed by atoms with Crippen LogP contribution in [0.25, 0.3) is 0 Å². The van der Waals surface area contributed by atoms with Gasteiger partial charge in [0, 0.05) is 85.2 Å². The maximum atomic E-state index is 14.9. The van der Waals surface area contributed by atoms with E-state index < -0.39 is 58.4 Å². The molecule has 8 N–H and O–H groups in total. The molecule has 8 rings (SSSR count). The molecule has 2 aliphatic heterocycles. The number of halogens is 2. The van der Waals surface area contributed by atoms with Gasteiger partial charge in [-0.05, 0) is 160 Å². The molecule has 0 bridgehead atoms. The molecule has 2 aromatic heterocycles. The summed E-state index contributed by atoms with van der Waals surface area (Å²) < 4.78 is 39.3. The van der Waals surface area contributed by atoms with Crippen molar-refractivity contribution < 1.29 is 47.0 Å². The first kappa shape index (κ1) is 68.9. The molecule has 4 heterocycles. The first-order chi connectivity index (χ1) is 43.6. The lowest BCUT2D eigenvalue weighted by molar-refractivity contribution is -0.128. The summed E-state index contributed by atoms with van der Waals surface area (Å²) in [7, 11) is 3.36. The molecule has 92 heavy (non-hydrogen) atoms. The van der Waals surface area contributed by atoms with Crippen molar-refractivity contribution in [3.63, 3.8) is 0 Å². The Hall–Kier alpha value is -9.02. The Morgan fingerprint density at radius 1 is 0.533 bits per heavy atom. The number of hydrogen-bond acceptors (Lipinski definition) is 12. The van der Waals surface area contributed by atoms with Crippen LogP contribution >= 0.6 is 0 Å². The molecule has 0 spiro atoms. The second-order valence-electron chi connectivity index (χ2n) is 25.4. The average Bonchev–Trinajstić information content (AvgIpc) is 1.60. The lowest BCUT2D eigenvalue weighted by atomic mass is 9.91. The minimum absolute atomic E-state index is 0.0924. The van der Waals surface area contributed by atoms with Crippen LogP contribution in [0, 0.1) is 39.3 Å². The van der Waals surface area contributed by atoms with Gasteiger partial charge in [0.25, 0.3) is 22.9 Å². The molecular formula is C70H86F2N10O10. The molecule has 490 valence electrons. The molecule has 6 amide bonds. The largest absolute Gasteiger partial charge is 0.484 e. The van der Waals surface area contributed by atoms with Crippen molar-refractivity contribution in [3.05, 3.63) is 184 Å². The third kappa shape index (κ3) is 16.4. The van der Waals surface area contributed by atoms with Gasteiger partial charge in [0.05, 0.1) is 23.5 Å². The van der Waals surface area contributed by atoms with Gasteiger partial charge in [-0.2, -0.15) is 0 Å². The van der Waals surface area contributed by atoms with Crippen molar-refractivity contribution in [1.82, 2.24) is 41.9 Å². The zero-order valence-corrected chi connectivity index (χ0v) is 54.6. The first-order valence-corrected chi connectivity index (χ1v) is 31.2. The Balaban J connectivity index is 0.853. The number of carbonyl (C=O) groups excluding carboxylic acids is 6. The molecule has 22 heteroatoms. The second kappa shape index (κ2) is 29.5. The van der Waals surface area contributed by atoms with Crippen LogP contribution in [0.1, 0.15) is 121 Å². The summed E-state index contributed by atoms with van der Waals surface area (Å²) >= 11 is 0. The first-order valence-electron chi connectivity index (χ1n) is 31.2. The molecule has 0 saturated heterocycles. The molecule has 2 aliphatic rings. The van der Waals surface area contributed by atoms with Gasteiger partial charge in [-0.3, -0.25) is 38.4 Å². The molecule has 0 fully saturated rings. The van der Waals surface area contributed by atoms with E-state index in [0.29, 0.717) is 58.2 Å². The topological polar surface area (TPSA) is 265 Å². The normalized spacial score (nSPS) is 14.9. The molecule has 0 radical (unpaired) electrons. The molecule has 4 aromatic carbocycles. The number of likely N-dealkylation sites (N-methyl/N-ethyl adjacent to an activating group) is 2. The third-order valence-corrected chi connectivity index (χ3v) is 17.4. The van der Waals surface area contributed by atoms with Crippen molar-refractivity contribution in [2.75, 3.05) is 63.3 Å². The fourth-order valence-electron chi connectivity index (χ4n) is 12.3. The average molecular weight is 1270 g/mol. The number of ether oxygens (including phenoxy) is 2. The van der Waals surface area contributed by atoms with Crippen LogP contribution in [-0.4, -0.2) is 123 Å². The molecule has 6 aromatic rings. The lowest BCUT2D eigenvalue weighted by Gasteiger charge is -2.28. The molecule has 0 saturated carbocycles. The monoisotopic (exact) mass is 1260 g/mol. The summed E-state index contributed by atoms with van der Waals surface area (Å²) in [6.07, 6.45) is 1.62. The molecule has 20 nitrogen and oxygen atoms in total. The summed E-state index contributed by atoms with van der Waals surface area (Å²) in [6, 6.07) is 19.1. The van der Waals surface area contributed by atoms with Gasteiger partial charge in [0.15, 0.2) is 13.2 Å². The highest BCUT2D eigenvalue weighted by Crippen LogP contribution is 2.41. The number of amides is 6. The zero-order chi connectivity index (χ0) is 66.9. The Morgan fingerprint density at radius 2 is 0.870 bits per heavy atom. The summed E-state index contributed by atoms with van der Waals surface area (Å²) in [5.41, 5.74) is 7.24. The fourth-order valence-corrected chi connectivity index (χ4v) is 12.3. The number of nitrogens with zero attached hydrogens (tertiary/aromatic N) is 2. The van der Waals surface area contributed by atoms with Crippen LogP contribution < -0.4 is 62.3 Å². The number of nitrogens with one attached hydrogen (secondary N) is 8. The van der Waals surface area contributed by atoms with E-state index >= 15 is 0 Å². The number of rotatable bonds is 27. The van der Waals surface area contributed by atoms with Crippen LogP contribution in [0.4, 0.5) is 20.2 Å². The lowest BCUT2D eigenvalue weighted by Crippen LogP contribution is -2.54. The number of aromatic amines is 2. The van der Waals surface area contributed by atoms with Gasteiger partial charge in [-0.25, -0.2) is 8.78 Å². The highest BCUT2D eigenvalue weighted by Gasteiger charge is 2.44. The van der Waals surface area contributed by atoms with E-state index in [1.54, 1.807) is 84.6 Å². The minimum Gasteiger partial charge on any atom is -0.484 e. The van der Waals surface area contributed by atoms with Crippen molar-refractivity contribution in [1.29, 1.82) is 0 Å². The van der Waals surface area contributed by atoms with Gasteiger partial charge in [-0.15, -0.1) is 0 Å². The standard InChI is InChI=1S/C70H86F2N10O10/c1-13-53(73-11)65(87)77-55(67(89)81-37-69(7,8)61-57(81)31-45(63(85)79-61)29-43-15-19-47(71)20-16-43)33-51-39(3)25-49(26-40(51)4)91-35-59(83)75-23-24-76-60(84)36-92-50-27-41(5)52(42(6)28-50)34-56(78-66(88)54(14-2)74-12)68(90)82-38-70(9,10)62-58(82)32-46(64(86)80-62)30-44-17-21-48(72)22-18-44/h15-22,25-28,31-32,53-56,73-74H,13-14,23-24,29-30,33-38H2,1-12H3,(H,75,83)(H,76,84)(H,77,87)(H,78,88)(H,79,85)(H,80,86)/t53-,54-,55-,56-/m0/s1. The zero-order valence-electron chi connectivity index (χ0n) is 54.6. The quantitative estimate of drug-likeness (QED) is 0.0270. The van der Waals surface area contributed by atoms with Crippen LogP contribution in [-0.2, 0) is 65.3 Å². The molecular weight excluding hydrogens is 1180 g/mol. The van der Waals surface area contributed by atoms with E-state index in [1.807, 2.05) is 69.2 Å². The number of benzene rings is 4. The van der Waals surface area contributed by atoms with Crippen LogP contribution in [0.3, 0.4) is 0 Å². The van der Waals surface area contributed by atoms with Gasteiger partial charge in [-0.1, -0.05) is 65.8 Å². The Morgan fingerprint density at radius 3 is 1.18 bits per heavy atom. The highest BCUT2D eigenvalue weighted by molar-refractivity contribution is 6.03. The predicted octanol–water partition coefficient (Wildman–Crippen LogP) is 6.15. The SMILES string of the molecule is CC[C@H](NC)C(=O)N[C@@H](Cc1c(C)cc(OCC(=O)NCCNC(=O)COc2cc(C)c(C[C@H](NC(=O)[C@H](CC)NC)C(=O)N3CC(C)(C)c4[nH]c(=O)c(Cc5ccc(F)cc5)cc43)c(C)c2)cc1C)C(=O)N1CC(C)(C)c2[nH]c(=O)c(Cc3ccc(F)cc3)cc21. The van der Waals surface area contributed by atoms with Gasteiger partial charge >= 0.3 is 0 Å². The summed E-state index contributed by atoms with van der Waals surface area (Å²) in [6.45, 7) is 18.9. The van der Waals surface area contributed by atoms with Gasteiger partial charge < -0.3 is 61.1 Å². The molecule has 0 unspecified atom stereocenters. The van der Waals surface area contributed by atoms with Crippen LogP contribution in [0.15, 0.2) is 94.5 Å². The number of pyridine rings is 2. The van der Waals surface area contributed by atoms with Crippen LogP contribution in [0.2, 0.25) is 0 Å². The maximum absolute atomic E-state index is 14.9. The third-order valence-electron chi connectivity index (χ3n) is 17.4. The number of aryl methyl sites for hydroxylation is 4. The highest BCUT2D eigenvalue weighted by atomic mass is 19.1. The Kier molecular flexibility index (Phi) is 22.1. The van der Waals surface area contributed by atoms with Crippen molar-refractivity contribution in [3.8, 4) is 11.5 Å². The number of carbonyl (C=O) groups is 6. The second-order valence-corrected chi connectivity index (χ2v) is 25.4. The summed E-state index contributed by atoms with van der Waals surface area (Å²) in [5, 5.41) is 17.6. The van der Waals surface area contributed by atoms with Crippen molar-refractivity contribution in [2.45, 2.75) is 143 Å².